The second-order valence-corrected chi connectivity index (χ2v) is 8.94. The summed E-state index contributed by atoms with van der Waals surface area (Å²) in [4.78, 5) is 29.5. The number of rotatable bonds is 5. The Kier molecular flexibility index (Phi) is 4.50. The molecule has 2 aromatic heterocycles. The molecule has 0 spiro atoms. The summed E-state index contributed by atoms with van der Waals surface area (Å²) in [7, 11) is -1.55. The van der Waals surface area contributed by atoms with Crippen molar-refractivity contribution in [2.75, 3.05) is 18.6 Å². The van der Waals surface area contributed by atoms with Gasteiger partial charge in [-0.05, 0) is 30.7 Å². The number of fused-ring (bicyclic) bond motifs is 1. The molecule has 1 aromatic carbocycles. The summed E-state index contributed by atoms with van der Waals surface area (Å²) in [5, 5.41) is 4.44. The van der Waals surface area contributed by atoms with E-state index in [4.69, 9.17) is 4.74 Å². The maximum absolute atomic E-state index is 12.7. The fourth-order valence-corrected chi connectivity index (χ4v) is 5.03. The molecule has 3 heterocycles. The Balaban J connectivity index is 1.61. The first-order chi connectivity index (χ1) is 13.4. The van der Waals surface area contributed by atoms with E-state index in [2.05, 4.69) is 10.1 Å². The van der Waals surface area contributed by atoms with Crippen molar-refractivity contribution >= 4 is 26.7 Å². The quantitative estimate of drug-likeness (QED) is 0.581. The van der Waals surface area contributed by atoms with Crippen LogP contribution in [0, 0.1) is 0 Å². The van der Waals surface area contributed by atoms with Gasteiger partial charge in [0.25, 0.3) is 5.56 Å². The second kappa shape index (κ2) is 6.86. The van der Waals surface area contributed by atoms with Crippen molar-refractivity contribution < 1.29 is 17.9 Å². The number of hydrogen-bond donors (Lipinski definition) is 0. The maximum atomic E-state index is 12.7. The molecule has 0 N–H and O–H groups in total. The van der Waals surface area contributed by atoms with E-state index in [0.29, 0.717) is 23.4 Å². The number of Topliss-reactive ketones (excluding diaryl/α,β-unsaturated/α-hetero) is 1. The Morgan fingerprint density at radius 3 is 2.68 bits per heavy atom. The van der Waals surface area contributed by atoms with Crippen LogP contribution in [0.1, 0.15) is 22.8 Å². The van der Waals surface area contributed by atoms with Gasteiger partial charge in [-0.2, -0.15) is 5.10 Å². The van der Waals surface area contributed by atoms with Crippen molar-refractivity contribution in [3.8, 4) is 5.75 Å². The molecule has 1 aliphatic heterocycles. The van der Waals surface area contributed by atoms with Crippen LogP contribution in [0.15, 0.2) is 41.6 Å². The minimum Gasteiger partial charge on any atom is -0.497 e. The third kappa shape index (κ3) is 3.31. The number of methoxy groups -OCH3 is 1. The number of ether oxygens (including phenoxy) is 1. The van der Waals surface area contributed by atoms with Crippen molar-refractivity contribution in [1.29, 1.82) is 0 Å². The van der Waals surface area contributed by atoms with Crippen LogP contribution in [0.5, 0.6) is 5.75 Å². The number of carbonyl (C=O) groups is 1. The number of aromatic nitrogens is 4. The SMILES string of the molecule is COc1ccc(C(=O)Cn2cnc3c(cnn3[C@H]3CCS(=O)(=O)C3)c2=O)cc1. The number of hydrogen-bond acceptors (Lipinski definition) is 7. The Morgan fingerprint density at radius 2 is 2.04 bits per heavy atom. The molecule has 3 aromatic rings. The lowest BCUT2D eigenvalue weighted by molar-refractivity contribution is 0.0970. The van der Waals surface area contributed by atoms with Crippen molar-refractivity contribution in [3.05, 3.63) is 52.7 Å². The molecule has 0 radical (unpaired) electrons. The van der Waals surface area contributed by atoms with Crippen molar-refractivity contribution in [1.82, 2.24) is 19.3 Å². The minimum atomic E-state index is -3.09. The van der Waals surface area contributed by atoms with Gasteiger partial charge < -0.3 is 4.74 Å². The first-order valence-corrected chi connectivity index (χ1v) is 10.5. The predicted molar refractivity (Wildman–Crippen MR) is 101 cm³/mol. The number of nitrogens with zero attached hydrogens (tertiary/aromatic N) is 4. The first kappa shape index (κ1) is 18.4. The first-order valence-electron chi connectivity index (χ1n) is 8.68. The molecule has 0 saturated carbocycles. The van der Waals surface area contributed by atoms with Gasteiger partial charge in [0.2, 0.25) is 0 Å². The monoisotopic (exact) mass is 402 g/mol. The second-order valence-electron chi connectivity index (χ2n) is 6.71. The van der Waals surface area contributed by atoms with Crippen molar-refractivity contribution in [3.63, 3.8) is 0 Å². The average molecular weight is 402 g/mol. The van der Waals surface area contributed by atoms with E-state index in [1.165, 1.54) is 21.8 Å². The predicted octanol–water partition coefficient (Wildman–Crippen LogP) is 0.844. The molecule has 28 heavy (non-hydrogen) atoms. The zero-order chi connectivity index (χ0) is 19.9. The number of sulfone groups is 1. The molecule has 4 rings (SSSR count). The summed E-state index contributed by atoms with van der Waals surface area (Å²) in [5.74, 6) is 0.495. The van der Waals surface area contributed by atoms with Crippen LogP contribution in [-0.4, -0.2) is 52.1 Å². The van der Waals surface area contributed by atoms with Crippen LogP contribution >= 0.6 is 0 Å². The Labute approximate surface area is 160 Å². The molecule has 10 heteroatoms. The van der Waals surface area contributed by atoms with Crippen LogP contribution in [0.25, 0.3) is 11.0 Å². The van der Waals surface area contributed by atoms with Crippen LogP contribution in [-0.2, 0) is 16.4 Å². The standard InChI is InChI=1S/C18H18N4O5S/c1-27-14-4-2-12(3-5-14)16(23)9-21-11-19-17-15(18(21)24)8-20-22(17)13-6-7-28(25,26)10-13/h2-5,8,11,13H,6-7,9-10H2,1H3/t13-/m0/s1. The summed E-state index contributed by atoms with van der Waals surface area (Å²) in [5.41, 5.74) is 0.402. The normalized spacial score (nSPS) is 18.4. The molecule has 1 fully saturated rings. The van der Waals surface area contributed by atoms with Crippen LogP contribution in [0.3, 0.4) is 0 Å². The summed E-state index contributed by atoms with van der Waals surface area (Å²) in [6.45, 7) is -0.156. The zero-order valence-corrected chi connectivity index (χ0v) is 15.9. The Bertz CT molecular complexity index is 1210. The smallest absolute Gasteiger partial charge is 0.264 e. The van der Waals surface area contributed by atoms with Gasteiger partial charge in [0.1, 0.15) is 17.5 Å². The summed E-state index contributed by atoms with van der Waals surface area (Å²) < 4.78 is 31.2. The van der Waals surface area contributed by atoms with Gasteiger partial charge >= 0.3 is 0 Å². The largest absolute Gasteiger partial charge is 0.497 e. The number of ketones is 1. The van der Waals surface area contributed by atoms with Gasteiger partial charge in [-0.1, -0.05) is 0 Å². The fraction of sp³-hybridized carbons (Fsp3) is 0.333. The summed E-state index contributed by atoms with van der Waals surface area (Å²) in [6, 6.07) is 6.30. The molecule has 146 valence electrons. The third-order valence-corrected chi connectivity index (χ3v) is 6.61. The summed E-state index contributed by atoms with van der Waals surface area (Å²) in [6.07, 6.45) is 3.12. The molecule has 0 amide bonds. The molecule has 1 atom stereocenters. The van der Waals surface area contributed by atoms with E-state index < -0.39 is 9.84 Å². The molecular weight excluding hydrogens is 384 g/mol. The lowest BCUT2D eigenvalue weighted by atomic mass is 10.1. The van der Waals surface area contributed by atoms with Gasteiger partial charge in [0.05, 0.1) is 37.4 Å². The van der Waals surface area contributed by atoms with Crippen molar-refractivity contribution in [2.24, 2.45) is 0 Å². The number of benzene rings is 1. The van der Waals surface area contributed by atoms with Gasteiger partial charge in [-0.15, -0.1) is 0 Å². The van der Waals surface area contributed by atoms with Crippen LogP contribution in [0.4, 0.5) is 0 Å². The average Bonchev–Trinajstić information content (AvgIpc) is 3.27. The lowest BCUT2D eigenvalue weighted by Gasteiger charge is -2.10. The maximum Gasteiger partial charge on any atom is 0.264 e. The van der Waals surface area contributed by atoms with Gasteiger partial charge in [0, 0.05) is 5.56 Å². The lowest BCUT2D eigenvalue weighted by Crippen LogP contribution is -2.25. The van der Waals surface area contributed by atoms with E-state index in [9.17, 15) is 18.0 Å². The van der Waals surface area contributed by atoms with E-state index in [1.807, 2.05) is 0 Å². The van der Waals surface area contributed by atoms with E-state index >= 15 is 0 Å². The Morgan fingerprint density at radius 1 is 1.29 bits per heavy atom. The Hall–Kier alpha value is -3.01. The highest BCUT2D eigenvalue weighted by Crippen LogP contribution is 2.25. The molecule has 1 saturated heterocycles. The fourth-order valence-electron chi connectivity index (χ4n) is 3.34. The van der Waals surface area contributed by atoms with Crippen LogP contribution in [0.2, 0.25) is 0 Å². The molecule has 9 nitrogen and oxygen atoms in total. The van der Waals surface area contributed by atoms with E-state index in [0.717, 1.165) is 0 Å². The van der Waals surface area contributed by atoms with E-state index in [1.54, 1.807) is 31.4 Å². The highest BCUT2D eigenvalue weighted by atomic mass is 32.2. The highest BCUT2D eigenvalue weighted by Gasteiger charge is 2.31. The van der Waals surface area contributed by atoms with Gasteiger partial charge in [-0.25, -0.2) is 18.1 Å². The molecule has 0 unspecified atom stereocenters. The summed E-state index contributed by atoms with van der Waals surface area (Å²) >= 11 is 0. The van der Waals surface area contributed by atoms with Gasteiger partial charge in [0.15, 0.2) is 21.3 Å². The van der Waals surface area contributed by atoms with E-state index in [-0.39, 0.29) is 40.8 Å². The zero-order valence-electron chi connectivity index (χ0n) is 15.1. The molecule has 1 aliphatic rings. The highest BCUT2D eigenvalue weighted by molar-refractivity contribution is 7.91. The topological polar surface area (TPSA) is 113 Å². The minimum absolute atomic E-state index is 0.00942. The number of carbonyl (C=O) groups excluding carboxylic acids is 1. The van der Waals surface area contributed by atoms with Crippen LogP contribution < -0.4 is 10.3 Å². The van der Waals surface area contributed by atoms with Gasteiger partial charge in [-0.3, -0.25) is 14.2 Å². The third-order valence-electron chi connectivity index (χ3n) is 4.86. The molecule has 0 bridgehead atoms. The molecule has 0 aliphatic carbocycles. The molecular formula is C18H18N4O5S. The van der Waals surface area contributed by atoms with Crippen molar-refractivity contribution in [2.45, 2.75) is 19.0 Å².